The molecule has 16 heavy (non-hydrogen) atoms. The molecule has 3 heteroatoms. The van der Waals surface area contributed by atoms with Gasteiger partial charge in [-0.3, -0.25) is 4.79 Å². The second-order valence-corrected chi connectivity index (χ2v) is 4.47. The van der Waals surface area contributed by atoms with Crippen LogP contribution in [-0.4, -0.2) is 11.9 Å². The molecular weight excluding hydrogens is 200 g/mol. The molecule has 1 aromatic rings. The number of nitrogens with one attached hydrogen (secondary N) is 1. The van der Waals surface area contributed by atoms with E-state index in [4.69, 9.17) is 5.73 Å². The van der Waals surface area contributed by atoms with E-state index in [1.165, 1.54) is 12.8 Å². The molecule has 0 aromatic heterocycles. The van der Waals surface area contributed by atoms with Crippen molar-refractivity contribution >= 4 is 11.6 Å². The van der Waals surface area contributed by atoms with Crippen molar-refractivity contribution in [3.8, 4) is 0 Å². The van der Waals surface area contributed by atoms with Crippen LogP contribution in [0.2, 0.25) is 0 Å². The molecule has 0 atom stereocenters. The molecule has 1 aliphatic carbocycles. The first-order chi connectivity index (χ1) is 7.74. The Kier molecular flexibility index (Phi) is 3.44. The lowest BCUT2D eigenvalue weighted by atomic mass is 10.1. The van der Waals surface area contributed by atoms with Gasteiger partial charge in [0.25, 0.3) is 0 Å². The minimum atomic E-state index is 0.109. The van der Waals surface area contributed by atoms with E-state index in [0.717, 1.165) is 18.4 Å². The monoisotopic (exact) mass is 218 g/mol. The predicted octanol–water partition coefficient (Wildman–Crippen LogP) is 1.87. The zero-order valence-corrected chi connectivity index (χ0v) is 9.41. The number of amides is 1. The van der Waals surface area contributed by atoms with E-state index in [9.17, 15) is 4.79 Å². The first kappa shape index (κ1) is 11.0. The molecule has 2 rings (SSSR count). The van der Waals surface area contributed by atoms with Gasteiger partial charge in [0.2, 0.25) is 5.91 Å². The van der Waals surface area contributed by atoms with E-state index in [1.807, 2.05) is 24.3 Å². The summed E-state index contributed by atoms with van der Waals surface area (Å²) in [5.74, 6) is 0.109. The molecule has 0 radical (unpaired) electrons. The van der Waals surface area contributed by atoms with Crippen LogP contribution in [0.4, 0.5) is 5.69 Å². The van der Waals surface area contributed by atoms with Crippen LogP contribution in [-0.2, 0) is 11.2 Å². The number of hydrogen-bond acceptors (Lipinski definition) is 2. The Hall–Kier alpha value is -1.51. The van der Waals surface area contributed by atoms with Crippen LogP contribution in [0.1, 0.15) is 31.2 Å². The summed E-state index contributed by atoms with van der Waals surface area (Å²) in [7, 11) is 0. The third kappa shape index (κ3) is 2.99. The number of hydrogen-bond donors (Lipinski definition) is 2. The normalized spacial score (nSPS) is 16.2. The fraction of sp³-hybridized carbons (Fsp3) is 0.462. The lowest BCUT2D eigenvalue weighted by Crippen LogP contribution is -2.33. The molecule has 0 saturated heterocycles. The summed E-state index contributed by atoms with van der Waals surface area (Å²) in [6.07, 6.45) is 5.17. The summed E-state index contributed by atoms with van der Waals surface area (Å²) in [6, 6.07) is 7.90. The zero-order chi connectivity index (χ0) is 11.4. The van der Waals surface area contributed by atoms with Crippen molar-refractivity contribution in [3.05, 3.63) is 29.8 Å². The Labute approximate surface area is 96.0 Å². The first-order valence-corrected chi connectivity index (χ1v) is 5.88. The number of anilines is 1. The van der Waals surface area contributed by atoms with Crippen molar-refractivity contribution in [2.45, 2.75) is 38.1 Å². The number of carbonyl (C=O) groups excluding carboxylic acids is 1. The maximum Gasteiger partial charge on any atom is 0.224 e. The number of carbonyl (C=O) groups is 1. The molecule has 3 nitrogen and oxygen atoms in total. The number of rotatable bonds is 3. The largest absolute Gasteiger partial charge is 0.399 e. The van der Waals surface area contributed by atoms with Gasteiger partial charge in [-0.1, -0.05) is 25.0 Å². The van der Waals surface area contributed by atoms with Gasteiger partial charge in [-0.25, -0.2) is 0 Å². The van der Waals surface area contributed by atoms with Gasteiger partial charge >= 0.3 is 0 Å². The minimum Gasteiger partial charge on any atom is -0.399 e. The smallest absolute Gasteiger partial charge is 0.224 e. The first-order valence-electron chi connectivity index (χ1n) is 5.88. The summed E-state index contributed by atoms with van der Waals surface area (Å²) in [4.78, 5) is 11.7. The van der Waals surface area contributed by atoms with E-state index in [1.54, 1.807) is 0 Å². The number of benzene rings is 1. The van der Waals surface area contributed by atoms with Gasteiger partial charge in [-0.15, -0.1) is 0 Å². The van der Waals surface area contributed by atoms with Gasteiger partial charge < -0.3 is 11.1 Å². The van der Waals surface area contributed by atoms with Crippen LogP contribution in [0.3, 0.4) is 0 Å². The predicted molar refractivity (Wildman–Crippen MR) is 65.0 cm³/mol. The van der Waals surface area contributed by atoms with Crippen molar-refractivity contribution in [1.82, 2.24) is 5.32 Å². The highest BCUT2D eigenvalue weighted by molar-refractivity contribution is 5.79. The fourth-order valence-corrected chi connectivity index (χ4v) is 2.24. The minimum absolute atomic E-state index is 0.109. The average Bonchev–Trinajstić information content (AvgIpc) is 2.70. The quantitative estimate of drug-likeness (QED) is 0.761. The molecule has 1 fully saturated rings. The van der Waals surface area contributed by atoms with Crippen molar-refractivity contribution in [2.75, 3.05) is 5.73 Å². The second-order valence-electron chi connectivity index (χ2n) is 4.47. The van der Waals surface area contributed by atoms with E-state index in [0.29, 0.717) is 18.2 Å². The maximum atomic E-state index is 11.7. The van der Waals surface area contributed by atoms with Crippen LogP contribution in [0.15, 0.2) is 24.3 Å². The molecule has 0 aliphatic heterocycles. The highest BCUT2D eigenvalue weighted by Gasteiger charge is 2.16. The van der Waals surface area contributed by atoms with Crippen molar-refractivity contribution in [3.63, 3.8) is 0 Å². The van der Waals surface area contributed by atoms with Crippen LogP contribution in [0.25, 0.3) is 0 Å². The van der Waals surface area contributed by atoms with Gasteiger partial charge in [0, 0.05) is 11.7 Å². The third-order valence-electron chi connectivity index (χ3n) is 3.04. The van der Waals surface area contributed by atoms with Crippen molar-refractivity contribution in [1.29, 1.82) is 0 Å². The molecule has 3 N–H and O–H groups in total. The van der Waals surface area contributed by atoms with Crippen molar-refractivity contribution in [2.24, 2.45) is 0 Å². The molecule has 0 bridgehead atoms. The fourth-order valence-electron chi connectivity index (χ4n) is 2.24. The lowest BCUT2D eigenvalue weighted by Gasteiger charge is -2.11. The van der Waals surface area contributed by atoms with Gasteiger partial charge in [0.15, 0.2) is 0 Å². The maximum absolute atomic E-state index is 11.7. The molecule has 1 saturated carbocycles. The molecule has 0 heterocycles. The Morgan fingerprint density at radius 3 is 2.81 bits per heavy atom. The van der Waals surface area contributed by atoms with Crippen LogP contribution < -0.4 is 11.1 Å². The molecule has 0 unspecified atom stereocenters. The topological polar surface area (TPSA) is 55.1 Å². The van der Waals surface area contributed by atoms with E-state index in [-0.39, 0.29) is 5.91 Å². The third-order valence-corrected chi connectivity index (χ3v) is 3.04. The molecule has 1 amide bonds. The van der Waals surface area contributed by atoms with Crippen molar-refractivity contribution < 1.29 is 4.79 Å². The van der Waals surface area contributed by atoms with Gasteiger partial charge in [0.05, 0.1) is 6.42 Å². The Morgan fingerprint density at radius 1 is 1.38 bits per heavy atom. The number of nitrogen functional groups attached to an aromatic ring is 1. The summed E-state index contributed by atoms with van der Waals surface area (Å²) in [6.45, 7) is 0. The molecule has 1 aromatic carbocycles. The highest BCUT2D eigenvalue weighted by atomic mass is 16.1. The van der Waals surface area contributed by atoms with Gasteiger partial charge in [-0.2, -0.15) is 0 Å². The van der Waals surface area contributed by atoms with Crippen LogP contribution >= 0.6 is 0 Å². The molecule has 1 aliphatic rings. The summed E-state index contributed by atoms with van der Waals surface area (Å²) in [5.41, 5.74) is 7.36. The van der Waals surface area contributed by atoms with Crippen LogP contribution in [0, 0.1) is 0 Å². The second kappa shape index (κ2) is 5.01. The molecule has 86 valence electrons. The molecular formula is C13H18N2O. The van der Waals surface area contributed by atoms with Crippen LogP contribution in [0.5, 0.6) is 0 Å². The van der Waals surface area contributed by atoms with E-state index < -0.39 is 0 Å². The van der Waals surface area contributed by atoms with E-state index in [2.05, 4.69) is 5.32 Å². The molecule has 0 spiro atoms. The summed E-state index contributed by atoms with van der Waals surface area (Å²) in [5, 5.41) is 3.07. The Morgan fingerprint density at radius 2 is 2.12 bits per heavy atom. The Balaban J connectivity index is 1.86. The lowest BCUT2D eigenvalue weighted by molar-refractivity contribution is -0.121. The standard InChI is InChI=1S/C13H18N2O/c14-11-5-3-4-10(8-11)9-13(16)15-12-6-1-2-7-12/h3-5,8,12H,1-2,6-7,9,14H2,(H,15,16). The zero-order valence-electron chi connectivity index (χ0n) is 9.41. The van der Waals surface area contributed by atoms with Gasteiger partial charge in [0.1, 0.15) is 0 Å². The SMILES string of the molecule is Nc1cccc(CC(=O)NC2CCCC2)c1. The van der Waals surface area contributed by atoms with Gasteiger partial charge in [-0.05, 0) is 30.5 Å². The number of nitrogens with two attached hydrogens (primary N) is 1. The van der Waals surface area contributed by atoms with E-state index >= 15 is 0 Å². The average molecular weight is 218 g/mol. The summed E-state index contributed by atoms with van der Waals surface area (Å²) >= 11 is 0. The Bertz CT molecular complexity index is 370. The highest BCUT2D eigenvalue weighted by Crippen LogP contribution is 2.17. The summed E-state index contributed by atoms with van der Waals surface area (Å²) < 4.78 is 0.